The third kappa shape index (κ3) is 4.11. The summed E-state index contributed by atoms with van der Waals surface area (Å²) in [6.07, 6.45) is 1.80. The topological polar surface area (TPSA) is 66.8 Å². The zero-order valence-electron chi connectivity index (χ0n) is 11.7. The van der Waals surface area contributed by atoms with Gasteiger partial charge >= 0.3 is 5.97 Å². The second-order valence-corrected chi connectivity index (χ2v) is 6.98. The summed E-state index contributed by atoms with van der Waals surface area (Å²) in [7, 11) is 0. The van der Waals surface area contributed by atoms with Gasteiger partial charge < -0.3 is 14.9 Å². The quantitative estimate of drug-likeness (QED) is 0.837. The van der Waals surface area contributed by atoms with Crippen LogP contribution in [0.2, 0.25) is 5.02 Å². The normalized spacial score (nSPS) is 25.6. The van der Waals surface area contributed by atoms with Crippen molar-refractivity contribution in [2.45, 2.75) is 38.2 Å². The highest BCUT2D eigenvalue weighted by Gasteiger charge is 2.36. The fourth-order valence-corrected chi connectivity index (χ4v) is 3.65. The second-order valence-electron chi connectivity index (χ2n) is 5.66. The molecule has 0 unspecified atom stereocenters. The maximum absolute atomic E-state index is 10.9. The fraction of sp³-hybridized carbons (Fsp3) is 0.533. The minimum Gasteiger partial charge on any atom is -0.489 e. The molecule has 1 aliphatic carbocycles. The molecule has 0 radical (unpaired) electrons. The molecular weight excluding hydrogens is 360 g/mol. The summed E-state index contributed by atoms with van der Waals surface area (Å²) in [6, 6.07) is 3.64. The van der Waals surface area contributed by atoms with Gasteiger partial charge in [-0.1, -0.05) is 27.5 Å². The van der Waals surface area contributed by atoms with E-state index in [9.17, 15) is 9.90 Å². The van der Waals surface area contributed by atoms with Crippen molar-refractivity contribution in [3.05, 3.63) is 27.2 Å². The molecule has 1 aromatic rings. The van der Waals surface area contributed by atoms with Gasteiger partial charge in [-0.3, -0.25) is 4.79 Å². The van der Waals surface area contributed by atoms with Gasteiger partial charge in [-0.05, 0) is 50.3 Å². The molecule has 0 bridgehead atoms. The smallest absolute Gasteiger partial charge is 0.306 e. The van der Waals surface area contributed by atoms with Crippen LogP contribution in [-0.2, 0) is 4.79 Å². The summed E-state index contributed by atoms with van der Waals surface area (Å²) in [5.41, 5.74) is -0.0911. The SMILES string of the molecule is Cc1cc(Br)cc(Cl)c1OCC1(O)CCC(C(=O)O)CC1. The molecule has 0 spiro atoms. The Bertz CT molecular complexity index is 515. The number of rotatable bonds is 4. The third-order valence-corrected chi connectivity index (χ3v) is 4.68. The average Bonchev–Trinajstić information content (AvgIpc) is 2.37. The van der Waals surface area contributed by atoms with Crippen molar-refractivity contribution in [1.29, 1.82) is 0 Å². The summed E-state index contributed by atoms with van der Waals surface area (Å²) < 4.78 is 6.58. The van der Waals surface area contributed by atoms with E-state index < -0.39 is 11.6 Å². The van der Waals surface area contributed by atoms with E-state index in [2.05, 4.69) is 15.9 Å². The number of benzene rings is 1. The fourth-order valence-electron chi connectivity index (χ4n) is 2.62. The van der Waals surface area contributed by atoms with E-state index in [0.29, 0.717) is 36.5 Å². The van der Waals surface area contributed by atoms with Crippen LogP contribution in [0.1, 0.15) is 31.2 Å². The van der Waals surface area contributed by atoms with E-state index in [0.717, 1.165) is 10.0 Å². The second kappa shape index (κ2) is 6.55. The number of hydrogen-bond donors (Lipinski definition) is 2. The van der Waals surface area contributed by atoms with Crippen molar-refractivity contribution in [3.8, 4) is 5.75 Å². The van der Waals surface area contributed by atoms with E-state index in [-0.39, 0.29) is 12.5 Å². The van der Waals surface area contributed by atoms with Crippen molar-refractivity contribution < 1.29 is 19.7 Å². The number of carboxylic acids is 1. The predicted molar refractivity (Wildman–Crippen MR) is 83.9 cm³/mol. The maximum atomic E-state index is 10.9. The summed E-state index contributed by atoms with van der Waals surface area (Å²) >= 11 is 9.51. The Hall–Kier alpha value is -0.780. The summed E-state index contributed by atoms with van der Waals surface area (Å²) in [4.78, 5) is 10.9. The van der Waals surface area contributed by atoms with Crippen molar-refractivity contribution in [2.75, 3.05) is 6.61 Å². The molecule has 2 N–H and O–H groups in total. The first-order valence-corrected chi connectivity index (χ1v) is 8.01. The Labute approximate surface area is 137 Å². The molecule has 1 aliphatic rings. The van der Waals surface area contributed by atoms with E-state index in [1.165, 1.54) is 0 Å². The van der Waals surface area contributed by atoms with Gasteiger partial charge in [0.25, 0.3) is 0 Å². The molecule has 0 aliphatic heterocycles. The molecule has 2 rings (SSSR count). The highest BCUT2D eigenvalue weighted by Crippen LogP contribution is 2.36. The van der Waals surface area contributed by atoms with Crippen LogP contribution in [0.5, 0.6) is 5.75 Å². The lowest BCUT2D eigenvalue weighted by Crippen LogP contribution is -2.41. The minimum atomic E-state index is -0.977. The standard InChI is InChI=1S/C15H18BrClO4/c1-9-6-11(16)7-12(17)13(9)21-8-15(20)4-2-10(3-5-15)14(18)19/h6-7,10,20H,2-5,8H2,1H3,(H,18,19). The van der Waals surface area contributed by atoms with Gasteiger partial charge in [-0.2, -0.15) is 0 Å². The number of carbonyl (C=O) groups is 1. The molecular formula is C15H18BrClO4. The van der Waals surface area contributed by atoms with Gasteiger partial charge in [0, 0.05) is 4.47 Å². The summed E-state index contributed by atoms with van der Waals surface area (Å²) in [5, 5.41) is 20.0. The largest absolute Gasteiger partial charge is 0.489 e. The lowest BCUT2D eigenvalue weighted by atomic mass is 9.79. The van der Waals surface area contributed by atoms with Gasteiger partial charge in [-0.15, -0.1) is 0 Å². The minimum absolute atomic E-state index is 0.127. The number of ether oxygens (including phenoxy) is 1. The predicted octanol–water partition coefficient (Wildman–Crippen LogP) is 3.80. The number of aliphatic hydroxyl groups is 1. The first kappa shape index (κ1) is 16.6. The molecule has 4 nitrogen and oxygen atoms in total. The van der Waals surface area contributed by atoms with Crippen molar-refractivity contribution in [1.82, 2.24) is 0 Å². The molecule has 1 saturated carbocycles. The third-order valence-electron chi connectivity index (χ3n) is 3.94. The number of carboxylic acid groups (broad SMARTS) is 1. The molecule has 0 saturated heterocycles. The lowest BCUT2D eigenvalue weighted by molar-refractivity contribution is -0.145. The van der Waals surface area contributed by atoms with Crippen LogP contribution in [0.15, 0.2) is 16.6 Å². The van der Waals surface area contributed by atoms with Crippen LogP contribution >= 0.6 is 27.5 Å². The number of hydrogen-bond acceptors (Lipinski definition) is 3. The Morgan fingerprint density at radius 1 is 1.48 bits per heavy atom. The molecule has 0 amide bonds. The molecule has 1 fully saturated rings. The molecule has 1 aromatic carbocycles. The first-order valence-electron chi connectivity index (χ1n) is 6.84. The van der Waals surface area contributed by atoms with Gasteiger partial charge in [0.15, 0.2) is 0 Å². The highest BCUT2D eigenvalue weighted by molar-refractivity contribution is 9.10. The zero-order chi connectivity index (χ0) is 15.6. The molecule has 6 heteroatoms. The summed E-state index contributed by atoms with van der Waals surface area (Å²) in [6.45, 7) is 2.01. The zero-order valence-corrected chi connectivity index (χ0v) is 14.1. The number of halogens is 2. The molecule has 0 aromatic heterocycles. The Morgan fingerprint density at radius 2 is 2.10 bits per heavy atom. The Balaban J connectivity index is 1.99. The van der Waals surface area contributed by atoms with E-state index in [1.807, 2.05) is 13.0 Å². The van der Waals surface area contributed by atoms with Gasteiger partial charge in [0.2, 0.25) is 0 Å². The summed E-state index contributed by atoms with van der Waals surface area (Å²) in [5.74, 6) is -0.582. The van der Waals surface area contributed by atoms with Crippen LogP contribution in [0.3, 0.4) is 0 Å². The van der Waals surface area contributed by atoms with Crippen LogP contribution in [0.4, 0.5) is 0 Å². The Kier molecular flexibility index (Phi) is 5.17. The molecule has 116 valence electrons. The van der Waals surface area contributed by atoms with Gasteiger partial charge in [0.1, 0.15) is 12.4 Å². The van der Waals surface area contributed by atoms with Crippen LogP contribution < -0.4 is 4.74 Å². The van der Waals surface area contributed by atoms with E-state index in [4.69, 9.17) is 21.4 Å². The maximum Gasteiger partial charge on any atom is 0.306 e. The molecule has 0 atom stereocenters. The number of aryl methyl sites for hydroxylation is 1. The average molecular weight is 378 g/mol. The van der Waals surface area contributed by atoms with Gasteiger partial charge in [0.05, 0.1) is 16.5 Å². The van der Waals surface area contributed by atoms with Crippen LogP contribution in [0.25, 0.3) is 0 Å². The number of aliphatic carboxylic acids is 1. The van der Waals surface area contributed by atoms with Crippen molar-refractivity contribution in [2.24, 2.45) is 5.92 Å². The van der Waals surface area contributed by atoms with E-state index >= 15 is 0 Å². The van der Waals surface area contributed by atoms with Crippen LogP contribution in [0, 0.1) is 12.8 Å². The van der Waals surface area contributed by atoms with Crippen LogP contribution in [-0.4, -0.2) is 28.4 Å². The highest BCUT2D eigenvalue weighted by atomic mass is 79.9. The monoisotopic (exact) mass is 376 g/mol. The molecule has 0 heterocycles. The van der Waals surface area contributed by atoms with Crippen molar-refractivity contribution in [3.63, 3.8) is 0 Å². The van der Waals surface area contributed by atoms with Gasteiger partial charge in [-0.25, -0.2) is 0 Å². The lowest BCUT2D eigenvalue weighted by Gasteiger charge is -2.34. The first-order chi connectivity index (χ1) is 9.81. The van der Waals surface area contributed by atoms with Crippen molar-refractivity contribution >= 4 is 33.5 Å². The van der Waals surface area contributed by atoms with E-state index in [1.54, 1.807) is 6.07 Å². The molecule has 21 heavy (non-hydrogen) atoms. The Morgan fingerprint density at radius 3 is 2.62 bits per heavy atom.